The van der Waals surface area contributed by atoms with Crippen LogP contribution >= 0.6 is 0 Å². The van der Waals surface area contributed by atoms with E-state index in [9.17, 15) is 4.39 Å². The van der Waals surface area contributed by atoms with Crippen molar-refractivity contribution in [1.82, 2.24) is 0 Å². The van der Waals surface area contributed by atoms with Crippen molar-refractivity contribution >= 4 is 0 Å². The molecule has 2 N–H and O–H groups in total. The quantitative estimate of drug-likeness (QED) is 0.880. The van der Waals surface area contributed by atoms with E-state index in [1.807, 2.05) is 13.0 Å². The third-order valence-corrected chi connectivity index (χ3v) is 4.41. The summed E-state index contributed by atoms with van der Waals surface area (Å²) in [5.74, 6) is 0.319. The second-order valence-electron chi connectivity index (χ2n) is 5.85. The molecular formula is C17H26FNO. The third-order valence-electron chi connectivity index (χ3n) is 4.41. The van der Waals surface area contributed by atoms with Crippen molar-refractivity contribution in [2.75, 3.05) is 6.61 Å². The Morgan fingerprint density at radius 3 is 2.60 bits per heavy atom. The van der Waals surface area contributed by atoms with E-state index in [4.69, 9.17) is 10.5 Å². The van der Waals surface area contributed by atoms with Gasteiger partial charge in [-0.25, -0.2) is 4.39 Å². The molecule has 2 nitrogen and oxygen atoms in total. The summed E-state index contributed by atoms with van der Waals surface area (Å²) in [6.45, 7) is 4.42. The van der Waals surface area contributed by atoms with E-state index in [2.05, 4.69) is 0 Å². The molecule has 0 radical (unpaired) electrons. The van der Waals surface area contributed by atoms with E-state index in [0.717, 1.165) is 5.56 Å². The standard InChI is InChI=1S/C17H26FNO/c1-3-20-17(13-7-5-4-6-8-13)16(19)14-10-9-12(2)15(18)11-14/h9-11,13,16-17H,3-8,19H2,1-2H3. The number of ether oxygens (including phenoxy) is 1. The van der Waals surface area contributed by atoms with Crippen LogP contribution in [0.4, 0.5) is 4.39 Å². The van der Waals surface area contributed by atoms with Gasteiger partial charge in [0.05, 0.1) is 12.1 Å². The zero-order valence-electron chi connectivity index (χ0n) is 12.6. The Kier molecular flexibility index (Phi) is 5.55. The lowest BCUT2D eigenvalue weighted by Crippen LogP contribution is -2.36. The summed E-state index contributed by atoms with van der Waals surface area (Å²) in [6.07, 6.45) is 6.16. The molecule has 0 aliphatic heterocycles. The van der Waals surface area contributed by atoms with E-state index < -0.39 is 0 Å². The molecule has 1 aliphatic rings. The Morgan fingerprint density at radius 1 is 1.30 bits per heavy atom. The van der Waals surface area contributed by atoms with Crippen LogP contribution in [0.25, 0.3) is 0 Å². The predicted molar refractivity (Wildman–Crippen MR) is 80.1 cm³/mol. The highest BCUT2D eigenvalue weighted by atomic mass is 19.1. The molecule has 2 unspecified atom stereocenters. The SMILES string of the molecule is CCOC(C1CCCCC1)C(N)c1ccc(C)c(F)c1. The van der Waals surface area contributed by atoms with Crippen LogP contribution in [0.15, 0.2) is 18.2 Å². The molecule has 0 bridgehead atoms. The van der Waals surface area contributed by atoms with E-state index in [1.54, 1.807) is 19.1 Å². The fraction of sp³-hybridized carbons (Fsp3) is 0.647. The summed E-state index contributed by atoms with van der Waals surface area (Å²) in [4.78, 5) is 0. The highest BCUT2D eigenvalue weighted by Gasteiger charge is 2.30. The zero-order chi connectivity index (χ0) is 14.5. The third kappa shape index (κ3) is 3.58. The Balaban J connectivity index is 2.16. The van der Waals surface area contributed by atoms with Crippen molar-refractivity contribution in [1.29, 1.82) is 0 Å². The van der Waals surface area contributed by atoms with Gasteiger partial charge in [-0.05, 0) is 49.8 Å². The number of hydrogen-bond donors (Lipinski definition) is 1. The fourth-order valence-corrected chi connectivity index (χ4v) is 3.19. The van der Waals surface area contributed by atoms with Crippen molar-refractivity contribution in [2.24, 2.45) is 11.7 Å². The molecule has 2 atom stereocenters. The smallest absolute Gasteiger partial charge is 0.126 e. The molecule has 0 heterocycles. The van der Waals surface area contributed by atoms with Crippen molar-refractivity contribution < 1.29 is 9.13 Å². The average molecular weight is 279 g/mol. The minimum Gasteiger partial charge on any atom is -0.376 e. The van der Waals surface area contributed by atoms with Crippen LogP contribution in [-0.2, 0) is 4.74 Å². The van der Waals surface area contributed by atoms with E-state index in [-0.39, 0.29) is 18.0 Å². The van der Waals surface area contributed by atoms with Crippen molar-refractivity contribution in [3.63, 3.8) is 0 Å². The van der Waals surface area contributed by atoms with Gasteiger partial charge in [-0.1, -0.05) is 31.4 Å². The van der Waals surface area contributed by atoms with Gasteiger partial charge in [-0.15, -0.1) is 0 Å². The first-order valence-corrected chi connectivity index (χ1v) is 7.76. The van der Waals surface area contributed by atoms with Gasteiger partial charge < -0.3 is 10.5 Å². The Bertz CT molecular complexity index is 429. The first kappa shape index (κ1) is 15.5. The van der Waals surface area contributed by atoms with Gasteiger partial charge in [0.15, 0.2) is 0 Å². The van der Waals surface area contributed by atoms with Gasteiger partial charge in [0.2, 0.25) is 0 Å². The normalized spacial score (nSPS) is 19.8. The van der Waals surface area contributed by atoms with Crippen molar-refractivity contribution in [3.8, 4) is 0 Å². The van der Waals surface area contributed by atoms with Crippen LogP contribution in [0.1, 0.15) is 56.2 Å². The summed E-state index contributed by atoms with van der Waals surface area (Å²) in [5.41, 5.74) is 7.89. The maximum atomic E-state index is 13.7. The number of halogens is 1. The molecule has 1 aromatic rings. The first-order valence-electron chi connectivity index (χ1n) is 7.76. The molecule has 1 saturated carbocycles. The summed E-state index contributed by atoms with van der Waals surface area (Å²) in [7, 11) is 0. The summed E-state index contributed by atoms with van der Waals surface area (Å²) in [5, 5.41) is 0. The molecule has 1 aromatic carbocycles. The highest BCUT2D eigenvalue weighted by Crippen LogP contribution is 2.33. The first-order chi connectivity index (χ1) is 9.63. The number of aryl methyl sites for hydroxylation is 1. The van der Waals surface area contributed by atoms with E-state index >= 15 is 0 Å². The second-order valence-corrected chi connectivity index (χ2v) is 5.85. The molecule has 0 saturated heterocycles. The van der Waals surface area contributed by atoms with Gasteiger partial charge in [0.1, 0.15) is 5.82 Å². The number of nitrogens with two attached hydrogens (primary N) is 1. The molecule has 112 valence electrons. The van der Waals surface area contributed by atoms with Gasteiger partial charge >= 0.3 is 0 Å². The summed E-state index contributed by atoms with van der Waals surface area (Å²) in [6, 6.07) is 5.05. The van der Waals surface area contributed by atoms with Gasteiger partial charge in [0, 0.05) is 6.61 Å². The van der Waals surface area contributed by atoms with Crippen LogP contribution in [-0.4, -0.2) is 12.7 Å². The molecule has 20 heavy (non-hydrogen) atoms. The van der Waals surface area contributed by atoms with Crippen LogP contribution in [0.2, 0.25) is 0 Å². The Morgan fingerprint density at radius 2 is 2.00 bits per heavy atom. The molecule has 0 aromatic heterocycles. The maximum absolute atomic E-state index is 13.7. The van der Waals surface area contributed by atoms with Crippen molar-refractivity contribution in [3.05, 3.63) is 35.1 Å². The second kappa shape index (κ2) is 7.19. The van der Waals surface area contributed by atoms with E-state index in [1.165, 1.54) is 32.1 Å². The minimum atomic E-state index is -0.242. The number of rotatable bonds is 5. The lowest BCUT2D eigenvalue weighted by atomic mass is 9.81. The topological polar surface area (TPSA) is 35.2 Å². The van der Waals surface area contributed by atoms with Crippen molar-refractivity contribution in [2.45, 2.75) is 58.1 Å². The van der Waals surface area contributed by atoms with Crippen LogP contribution in [0.3, 0.4) is 0 Å². The van der Waals surface area contributed by atoms with Gasteiger partial charge in [0.25, 0.3) is 0 Å². The molecule has 2 rings (SSSR count). The van der Waals surface area contributed by atoms with Crippen LogP contribution < -0.4 is 5.73 Å². The molecule has 0 amide bonds. The van der Waals surface area contributed by atoms with E-state index in [0.29, 0.717) is 18.1 Å². The number of hydrogen-bond acceptors (Lipinski definition) is 2. The lowest BCUT2D eigenvalue weighted by molar-refractivity contribution is -0.00990. The predicted octanol–water partition coefficient (Wildman–Crippen LogP) is 4.12. The van der Waals surface area contributed by atoms with Crippen LogP contribution in [0.5, 0.6) is 0 Å². The Hall–Kier alpha value is -0.930. The monoisotopic (exact) mass is 279 g/mol. The zero-order valence-corrected chi connectivity index (χ0v) is 12.6. The minimum absolute atomic E-state index is 0.00223. The molecular weight excluding hydrogens is 253 g/mol. The van der Waals surface area contributed by atoms with Gasteiger partial charge in [-0.3, -0.25) is 0 Å². The molecule has 1 aliphatic carbocycles. The molecule has 3 heteroatoms. The van der Waals surface area contributed by atoms with Crippen LogP contribution in [0, 0.1) is 18.7 Å². The largest absolute Gasteiger partial charge is 0.376 e. The van der Waals surface area contributed by atoms with Gasteiger partial charge in [-0.2, -0.15) is 0 Å². The summed E-state index contributed by atoms with van der Waals surface area (Å²) < 4.78 is 19.7. The maximum Gasteiger partial charge on any atom is 0.126 e. The molecule has 1 fully saturated rings. The molecule has 0 spiro atoms. The lowest BCUT2D eigenvalue weighted by Gasteiger charge is -2.34. The summed E-state index contributed by atoms with van der Waals surface area (Å²) >= 11 is 0. The fourth-order valence-electron chi connectivity index (χ4n) is 3.19. The number of benzene rings is 1. The highest BCUT2D eigenvalue weighted by molar-refractivity contribution is 5.26. The average Bonchev–Trinajstić information content (AvgIpc) is 2.48. The Labute approximate surface area is 121 Å².